The van der Waals surface area contributed by atoms with Crippen molar-refractivity contribution in [2.45, 2.75) is 12.5 Å². The Hall–Kier alpha value is -1.14. The van der Waals surface area contributed by atoms with Crippen molar-refractivity contribution < 1.29 is 19.4 Å². The first kappa shape index (κ1) is 11.9. The summed E-state index contributed by atoms with van der Waals surface area (Å²) in [7, 11) is 1.37. The lowest BCUT2D eigenvalue weighted by molar-refractivity contribution is -0.143. The average Bonchev–Trinajstić information content (AvgIpc) is 2.04. The van der Waals surface area contributed by atoms with E-state index in [4.69, 9.17) is 10.8 Å². The summed E-state index contributed by atoms with van der Waals surface area (Å²) < 4.78 is 4.62. The number of hydrogen-bond acceptors (Lipinski definition) is 4. The third kappa shape index (κ3) is 5.15. The van der Waals surface area contributed by atoms with E-state index in [-0.39, 0.29) is 25.5 Å². The van der Waals surface area contributed by atoms with Gasteiger partial charge in [0.15, 0.2) is 6.04 Å². The van der Waals surface area contributed by atoms with Crippen LogP contribution in [0, 0.1) is 0 Å². The Morgan fingerprint density at radius 2 is 2.23 bits per heavy atom. The number of nitrogens with two attached hydrogens (primary N) is 1. The average molecular weight is 190 g/mol. The van der Waals surface area contributed by atoms with E-state index in [0.29, 0.717) is 0 Å². The summed E-state index contributed by atoms with van der Waals surface area (Å²) in [6, 6.07) is -0.996. The monoisotopic (exact) mass is 190 g/mol. The molecule has 0 saturated heterocycles. The summed E-state index contributed by atoms with van der Waals surface area (Å²) in [6.07, 6.45) is 0.119. The smallest absolute Gasteiger partial charge is 0.328 e. The standard InChI is InChI=1S/C7H14N2O4/c1-13-4-5(7(11)12)9-6(10)2-3-8/h5H,2-4,8H2,1H3,(H,9,10)(H,11,12). The lowest BCUT2D eigenvalue weighted by Gasteiger charge is -2.12. The highest BCUT2D eigenvalue weighted by atomic mass is 16.5. The number of carboxylic acids is 1. The van der Waals surface area contributed by atoms with Gasteiger partial charge in [-0.25, -0.2) is 4.79 Å². The Morgan fingerprint density at radius 1 is 1.62 bits per heavy atom. The molecule has 1 amide bonds. The van der Waals surface area contributed by atoms with E-state index < -0.39 is 12.0 Å². The molecule has 0 fully saturated rings. The lowest BCUT2D eigenvalue weighted by atomic mass is 10.3. The van der Waals surface area contributed by atoms with Crippen LogP contribution in [-0.2, 0) is 14.3 Å². The zero-order chi connectivity index (χ0) is 10.3. The van der Waals surface area contributed by atoms with Crippen LogP contribution in [0.2, 0.25) is 0 Å². The first-order valence-corrected chi connectivity index (χ1v) is 3.83. The Morgan fingerprint density at radius 3 is 2.62 bits per heavy atom. The van der Waals surface area contributed by atoms with Gasteiger partial charge in [-0.05, 0) is 0 Å². The molecule has 0 aromatic carbocycles. The van der Waals surface area contributed by atoms with Crippen molar-refractivity contribution >= 4 is 11.9 Å². The van der Waals surface area contributed by atoms with Crippen molar-refractivity contribution in [3.8, 4) is 0 Å². The van der Waals surface area contributed by atoms with Gasteiger partial charge in [-0.1, -0.05) is 0 Å². The maximum absolute atomic E-state index is 10.9. The topological polar surface area (TPSA) is 102 Å². The van der Waals surface area contributed by atoms with E-state index in [1.165, 1.54) is 7.11 Å². The third-order valence-corrected chi connectivity index (χ3v) is 1.34. The predicted molar refractivity (Wildman–Crippen MR) is 45.1 cm³/mol. The van der Waals surface area contributed by atoms with Crippen molar-refractivity contribution in [2.75, 3.05) is 20.3 Å². The van der Waals surface area contributed by atoms with Gasteiger partial charge in [0, 0.05) is 20.1 Å². The van der Waals surface area contributed by atoms with Crippen LogP contribution < -0.4 is 11.1 Å². The molecule has 0 heterocycles. The highest BCUT2D eigenvalue weighted by Gasteiger charge is 2.18. The molecule has 1 unspecified atom stereocenters. The summed E-state index contributed by atoms with van der Waals surface area (Å²) >= 11 is 0. The summed E-state index contributed by atoms with van der Waals surface area (Å²) in [6.45, 7) is 0.150. The second-order valence-corrected chi connectivity index (χ2v) is 2.45. The first-order chi connectivity index (χ1) is 6.11. The van der Waals surface area contributed by atoms with Crippen molar-refractivity contribution in [1.82, 2.24) is 5.32 Å². The molecule has 0 aromatic rings. The summed E-state index contributed by atoms with van der Waals surface area (Å²) in [5.41, 5.74) is 5.12. The van der Waals surface area contributed by atoms with Gasteiger partial charge in [0.2, 0.25) is 5.91 Å². The molecule has 0 aliphatic rings. The van der Waals surface area contributed by atoms with Gasteiger partial charge in [0.05, 0.1) is 6.61 Å². The molecule has 0 bridgehead atoms. The molecular formula is C7H14N2O4. The highest BCUT2D eigenvalue weighted by Crippen LogP contribution is 1.87. The predicted octanol–water partition coefficient (Wildman–Crippen LogP) is -1.45. The Kier molecular flexibility index (Phi) is 5.82. The van der Waals surface area contributed by atoms with E-state index in [1.54, 1.807) is 0 Å². The van der Waals surface area contributed by atoms with Crippen LogP contribution in [0.15, 0.2) is 0 Å². The molecule has 0 aliphatic carbocycles. The van der Waals surface area contributed by atoms with E-state index in [9.17, 15) is 9.59 Å². The number of methoxy groups -OCH3 is 1. The van der Waals surface area contributed by atoms with E-state index in [0.717, 1.165) is 0 Å². The molecule has 13 heavy (non-hydrogen) atoms. The van der Waals surface area contributed by atoms with Gasteiger partial charge in [-0.15, -0.1) is 0 Å². The quantitative estimate of drug-likeness (QED) is 0.475. The minimum absolute atomic E-state index is 0.0500. The minimum atomic E-state index is -1.12. The molecule has 0 rings (SSSR count). The van der Waals surface area contributed by atoms with Gasteiger partial charge in [-0.3, -0.25) is 4.79 Å². The third-order valence-electron chi connectivity index (χ3n) is 1.34. The fourth-order valence-electron chi connectivity index (χ4n) is 0.739. The largest absolute Gasteiger partial charge is 0.480 e. The number of carbonyl (C=O) groups excluding carboxylic acids is 1. The fraction of sp³-hybridized carbons (Fsp3) is 0.714. The molecule has 0 aliphatic heterocycles. The highest BCUT2D eigenvalue weighted by molar-refractivity contribution is 5.83. The molecule has 1 atom stereocenters. The molecule has 0 aromatic heterocycles. The van der Waals surface area contributed by atoms with Crippen molar-refractivity contribution in [3.05, 3.63) is 0 Å². The zero-order valence-electron chi connectivity index (χ0n) is 7.45. The van der Waals surface area contributed by atoms with Gasteiger partial charge in [-0.2, -0.15) is 0 Å². The molecule has 0 saturated carbocycles. The number of ether oxygens (including phenoxy) is 1. The number of carboxylic acid groups (broad SMARTS) is 1. The molecule has 6 nitrogen and oxygen atoms in total. The van der Waals surface area contributed by atoms with Gasteiger partial charge < -0.3 is 20.9 Å². The number of rotatable bonds is 6. The SMILES string of the molecule is COCC(NC(=O)CCN)C(=O)O. The molecule has 6 heteroatoms. The summed E-state index contributed by atoms with van der Waals surface area (Å²) in [5.74, 6) is -1.50. The minimum Gasteiger partial charge on any atom is -0.480 e. The summed E-state index contributed by atoms with van der Waals surface area (Å²) in [4.78, 5) is 21.4. The maximum atomic E-state index is 10.9. The van der Waals surface area contributed by atoms with Crippen LogP contribution >= 0.6 is 0 Å². The normalized spacial score (nSPS) is 12.2. The Labute approximate surface area is 76.0 Å². The van der Waals surface area contributed by atoms with Crippen molar-refractivity contribution in [1.29, 1.82) is 0 Å². The zero-order valence-corrected chi connectivity index (χ0v) is 7.45. The van der Waals surface area contributed by atoms with E-state index in [1.807, 2.05) is 0 Å². The first-order valence-electron chi connectivity index (χ1n) is 3.83. The molecular weight excluding hydrogens is 176 g/mol. The van der Waals surface area contributed by atoms with Crippen LogP contribution in [0.4, 0.5) is 0 Å². The number of aliphatic carboxylic acids is 1. The lowest BCUT2D eigenvalue weighted by Crippen LogP contribution is -2.44. The molecule has 0 radical (unpaired) electrons. The van der Waals surface area contributed by atoms with Gasteiger partial charge in [0.1, 0.15) is 0 Å². The van der Waals surface area contributed by atoms with Crippen LogP contribution in [-0.4, -0.2) is 43.3 Å². The van der Waals surface area contributed by atoms with E-state index in [2.05, 4.69) is 10.1 Å². The van der Waals surface area contributed by atoms with E-state index >= 15 is 0 Å². The second kappa shape index (κ2) is 6.38. The number of amides is 1. The molecule has 4 N–H and O–H groups in total. The van der Waals surface area contributed by atoms with Crippen LogP contribution in [0.1, 0.15) is 6.42 Å². The van der Waals surface area contributed by atoms with Gasteiger partial charge in [0.25, 0.3) is 0 Å². The molecule has 0 spiro atoms. The van der Waals surface area contributed by atoms with Gasteiger partial charge >= 0.3 is 5.97 Å². The van der Waals surface area contributed by atoms with Crippen LogP contribution in [0.3, 0.4) is 0 Å². The second-order valence-electron chi connectivity index (χ2n) is 2.45. The Bertz CT molecular complexity index is 183. The van der Waals surface area contributed by atoms with Crippen LogP contribution in [0.5, 0.6) is 0 Å². The fourth-order valence-corrected chi connectivity index (χ4v) is 0.739. The summed E-state index contributed by atoms with van der Waals surface area (Å²) in [5, 5.41) is 10.9. The Balaban J connectivity index is 3.94. The molecule has 76 valence electrons. The van der Waals surface area contributed by atoms with Crippen molar-refractivity contribution in [2.24, 2.45) is 5.73 Å². The van der Waals surface area contributed by atoms with Crippen molar-refractivity contribution in [3.63, 3.8) is 0 Å². The number of nitrogens with one attached hydrogen (secondary N) is 1. The maximum Gasteiger partial charge on any atom is 0.328 e. The number of carbonyl (C=O) groups is 2. The number of hydrogen-bond donors (Lipinski definition) is 3. The van der Waals surface area contributed by atoms with Crippen LogP contribution in [0.25, 0.3) is 0 Å².